The van der Waals surface area contributed by atoms with Crippen LogP contribution in [0.4, 0.5) is 0 Å². The predicted molar refractivity (Wildman–Crippen MR) is 71.6 cm³/mol. The van der Waals surface area contributed by atoms with Crippen molar-refractivity contribution in [2.45, 2.75) is 32.3 Å². The van der Waals surface area contributed by atoms with Crippen molar-refractivity contribution in [3.05, 3.63) is 15.0 Å². The first-order valence-electron chi connectivity index (χ1n) is 5.62. The van der Waals surface area contributed by atoms with E-state index in [1.807, 2.05) is 29.5 Å². The molecule has 1 atom stereocenters. The van der Waals surface area contributed by atoms with Crippen LogP contribution in [0.5, 0.6) is 0 Å². The lowest BCUT2D eigenvalue weighted by atomic mass is 9.90. The van der Waals surface area contributed by atoms with Gasteiger partial charge in [-0.1, -0.05) is 12.1 Å². The molecule has 7 nitrogen and oxygen atoms in total. The summed E-state index contributed by atoms with van der Waals surface area (Å²) in [7, 11) is 0. The van der Waals surface area contributed by atoms with E-state index in [0.29, 0.717) is 21.4 Å². The van der Waals surface area contributed by atoms with E-state index in [4.69, 9.17) is 19.8 Å². The number of hydrogen-bond acceptors (Lipinski definition) is 5. The van der Waals surface area contributed by atoms with Crippen LogP contribution in [0.2, 0.25) is 0 Å². The number of carboxylic acids is 2. The Hall–Kier alpha value is -1.16. The molecule has 0 aliphatic carbocycles. The van der Waals surface area contributed by atoms with Crippen LogP contribution in [0.25, 0.3) is 0 Å². The summed E-state index contributed by atoms with van der Waals surface area (Å²) in [6, 6.07) is 0. The van der Waals surface area contributed by atoms with Crippen molar-refractivity contribution in [1.82, 2.24) is 5.16 Å². The van der Waals surface area contributed by atoms with Crippen molar-refractivity contribution in [2.75, 3.05) is 0 Å². The molecule has 0 spiro atoms. The highest BCUT2D eigenvalue weighted by Gasteiger charge is 2.31. The van der Waals surface area contributed by atoms with Gasteiger partial charge < -0.3 is 19.8 Å². The highest BCUT2D eigenvalue weighted by atomic mass is 127. The molecule has 1 rings (SSSR count). The molecule has 3 N–H and O–H groups in total. The van der Waals surface area contributed by atoms with Gasteiger partial charge in [-0.05, 0) is 35.4 Å². The van der Waals surface area contributed by atoms with E-state index < -0.39 is 17.9 Å². The van der Waals surface area contributed by atoms with E-state index in [9.17, 15) is 9.59 Å². The second-order valence-corrected chi connectivity index (χ2v) is 5.11. The van der Waals surface area contributed by atoms with Gasteiger partial charge in [-0.3, -0.25) is 9.59 Å². The highest BCUT2D eigenvalue weighted by molar-refractivity contribution is 14.1. The van der Waals surface area contributed by atoms with Gasteiger partial charge in [0.15, 0.2) is 11.7 Å². The van der Waals surface area contributed by atoms with Gasteiger partial charge in [0.25, 0.3) is 0 Å². The Balaban J connectivity index is 2.97. The van der Waals surface area contributed by atoms with E-state index in [2.05, 4.69) is 5.16 Å². The summed E-state index contributed by atoms with van der Waals surface area (Å²) < 4.78 is 5.54. The molecule has 0 fully saturated rings. The summed E-state index contributed by atoms with van der Waals surface area (Å²) in [5, 5.41) is 30.6. The van der Waals surface area contributed by atoms with Crippen molar-refractivity contribution < 1.29 is 29.4 Å². The lowest BCUT2D eigenvalue weighted by molar-refractivity contribution is -0.155. The minimum absolute atomic E-state index is 0.0609. The maximum absolute atomic E-state index is 10.9. The number of halogens is 1. The first kappa shape index (κ1) is 15.9. The van der Waals surface area contributed by atoms with Gasteiger partial charge in [-0.25, -0.2) is 0 Å². The van der Waals surface area contributed by atoms with Gasteiger partial charge >= 0.3 is 11.9 Å². The van der Waals surface area contributed by atoms with Gasteiger partial charge in [-0.2, -0.15) is 0 Å². The number of aliphatic hydroxyl groups is 1. The molecule has 106 valence electrons. The van der Waals surface area contributed by atoms with Crippen molar-refractivity contribution >= 4 is 34.5 Å². The fourth-order valence-corrected chi connectivity index (χ4v) is 2.55. The van der Waals surface area contributed by atoms with Gasteiger partial charge in [-0.15, -0.1) is 0 Å². The van der Waals surface area contributed by atoms with Gasteiger partial charge in [0, 0.05) is 5.92 Å². The first-order chi connectivity index (χ1) is 8.92. The molecule has 1 aromatic rings. The quantitative estimate of drug-likeness (QED) is 0.481. The Morgan fingerprint density at radius 1 is 1.37 bits per heavy atom. The van der Waals surface area contributed by atoms with E-state index in [0.717, 1.165) is 0 Å². The zero-order valence-electron chi connectivity index (χ0n) is 10.2. The van der Waals surface area contributed by atoms with Crippen LogP contribution in [0.1, 0.15) is 37.1 Å². The molecular formula is C11H14INO6. The number of aliphatic hydroxyl groups excluding tert-OH is 1. The lowest BCUT2D eigenvalue weighted by Crippen LogP contribution is -2.25. The summed E-state index contributed by atoms with van der Waals surface area (Å²) in [6.07, 6.45) is 0.471. The number of aromatic nitrogens is 1. The Labute approximate surface area is 122 Å². The molecule has 0 aliphatic heterocycles. The van der Waals surface area contributed by atoms with Crippen LogP contribution in [0.15, 0.2) is 4.52 Å². The third kappa shape index (κ3) is 3.66. The third-order valence-electron chi connectivity index (χ3n) is 2.86. The van der Waals surface area contributed by atoms with Crippen LogP contribution >= 0.6 is 22.6 Å². The largest absolute Gasteiger partial charge is 0.481 e. The van der Waals surface area contributed by atoms with Crippen LogP contribution in [-0.2, 0) is 16.2 Å². The normalized spacial score (nSPS) is 12.6. The minimum atomic E-state index is -1.48. The lowest BCUT2D eigenvalue weighted by Gasteiger charge is -2.15. The summed E-state index contributed by atoms with van der Waals surface area (Å²) in [5.41, 5.74) is 0.500. The molecular weight excluding hydrogens is 369 g/mol. The summed E-state index contributed by atoms with van der Waals surface area (Å²) in [4.78, 5) is 21.8. The Morgan fingerprint density at radius 2 is 1.95 bits per heavy atom. The molecule has 0 saturated carbocycles. The second kappa shape index (κ2) is 6.85. The van der Waals surface area contributed by atoms with E-state index in [1.165, 1.54) is 0 Å². The SMILES string of the molecule is CCC(CC(C(=O)O)C(=O)O)c1noc(CO)c1I. The van der Waals surface area contributed by atoms with Gasteiger partial charge in [0.1, 0.15) is 12.3 Å². The van der Waals surface area contributed by atoms with Crippen molar-refractivity contribution in [3.8, 4) is 0 Å². The fourth-order valence-electron chi connectivity index (χ4n) is 1.74. The fraction of sp³-hybridized carbons (Fsp3) is 0.545. The third-order valence-corrected chi connectivity index (χ3v) is 4.02. The molecule has 0 aromatic carbocycles. The standard InChI is InChI=1S/C11H14INO6/c1-2-5(3-6(10(15)16)11(17)18)9-8(12)7(4-14)19-13-9/h5-6,14H,2-4H2,1H3,(H,15,16)(H,17,18). The Morgan fingerprint density at radius 3 is 2.32 bits per heavy atom. The van der Waals surface area contributed by atoms with Gasteiger partial charge in [0.05, 0.1) is 3.57 Å². The number of aliphatic carboxylic acids is 2. The predicted octanol–water partition coefficient (Wildman–Crippen LogP) is 1.44. The number of carboxylic acid groups (broad SMARTS) is 2. The Kier molecular flexibility index (Phi) is 5.73. The summed E-state index contributed by atoms with van der Waals surface area (Å²) >= 11 is 1.95. The van der Waals surface area contributed by atoms with Crippen LogP contribution in [-0.4, -0.2) is 32.4 Å². The van der Waals surface area contributed by atoms with E-state index in [1.54, 1.807) is 0 Å². The van der Waals surface area contributed by atoms with Crippen molar-refractivity contribution in [3.63, 3.8) is 0 Å². The maximum atomic E-state index is 10.9. The average Bonchev–Trinajstić information content (AvgIpc) is 2.71. The maximum Gasteiger partial charge on any atom is 0.317 e. The van der Waals surface area contributed by atoms with Crippen LogP contribution in [0.3, 0.4) is 0 Å². The second-order valence-electron chi connectivity index (χ2n) is 4.03. The number of rotatable bonds is 7. The van der Waals surface area contributed by atoms with Crippen LogP contribution < -0.4 is 0 Å². The average molecular weight is 383 g/mol. The Bertz CT molecular complexity index is 458. The zero-order chi connectivity index (χ0) is 14.6. The topological polar surface area (TPSA) is 121 Å². The van der Waals surface area contributed by atoms with Crippen molar-refractivity contribution in [1.29, 1.82) is 0 Å². The molecule has 1 heterocycles. The molecule has 19 heavy (non-hydrogen) atoms. The van der Waals surface area contributed by atoms with E-state index in [-0.39, 0.29) is 18.9 Å². The molecule has 1 unspecified atom stereocenters. The molecule has 1 aromatic heterocycles. The molecule has 0 amide bonds. The van der Waals surface area contributed by atoms with Crippen molar-refractivity contribution in [2.24, 2.45) is 5.92 Å². The molecule has 0 bridgehead atoms. The molecule has 0 aliphatic rings. The van der Waals surface area contributed by atoms with E-state index >= 15 is 0 Å². The molecule has 8 heteroatoms. The molecule has 0 saturated heterocycles. The number of nitrogens with zero attached hydrogens (tertiary/aromatic N) is 1. The van der Waals surface area contributed by atoms with Crippen LogP contribution in [0, 0.1) is 9.49 Å². The summed E-state index contributed by atoms with van der Waals surface area (Å²) in [6.45, 7) is 1.51. The number of carbonyl (C=O) groups is 2. The summed E-state index contributed by atoms with van der Waals surface area (Å²) in [5.74, 6) is -4.25. The minimum Gasteiger partial charge on any atom is -0.481 e. The monoisotopic (exact) mass is 383 g/mol. The van der Waals surface area contributed by atoms with Gasteiger partial charge in [0.2, 0.25) is 0 Å². The smallest absolute Gasteiger partial charge is 0.317 e. The number of hydrogen-bond donors (Lipinski definition) is 3. The zero-order valence-corrected chi connectivity index (χ0v) is 12.3. The highest BCUT2D eigenvalue weighted by Crippen LogP contribution is 2.31. The molecule has 0 radical (unpaired) electrons. The first-order valence-corrected chi connectivity index (χ1v) is 6.70.